The van der Waals surface area contributed by atoms with Crippen molar-refractivity contribution >= 4 is 50.5 Å². The number of thiophene rings is 1. The van der Waals surface area contributed by atoms with Crippen molar-refractivity contribution in [3.63, 3.8) is 0 Å². The minimum Gasteiger partial charge on any atom is -0.323 e. The third kappa shape index (κ3) is 3.59. The molecule has 3 aromatic carbocycles. The van der Waals surface area contributed by atoms with Gasteiger partial charge in [-0.1, -0.05) is 66.7 Å². The zero-order chi connectivity index (χ0) is 22.1. The first-order chi connectivity index (χ1) is 15.6. The number of nitrogens with one attached hydrogen (secondary N) is 2. The number of anilines is 1. The second-order valence-electron chi connectivity index (χ2n) is 7.25. The van der Waals surface area contributed by atoms with Gasteiger partial charge in [0.25, 0.3) is 17.7 Å². The molecule has 7 heteroatoms. The van der Waals surface area contributed by atoms with Gasteiger partial charge in [0.1, 0.15) is 0 Å². The number of nitrogens with zero attached hydrogens (tertiary/aromatic N) is 1. The Kier molecular flexibility index (Phi) is 5.09. The molecule has 3 amide bonds. The van der Waals surface area contributed by atoms with Gasteiger partial charge in [-0.05, 0) is 12.1 Å². The highest BCUT2D eigenvalue weighted by atomic mass is 32.1. The van der Waals surface area contributed by atoms with Crippen LogP contribution in [-0.2, 0) is 9.59 Å². The van der Waals surface area contributed by atoms with E-state index in [2.05, 4.69) is 15.6 Å². The largest absolute Gasteiger partial charge is 0.323 e. The Hall–Kier alpha value is -4.10. The smallest absolute Gasteiger partial charge is 0.261 e. The number of rotatable bonds is 3. The molecule has 0 saturated carbocycles. The van der Waals surface area contributed by atoms with Crippen LogP contribution in [0, 0.1) is 0 Å². The molecule has 0 spiro atoms. The summed E-state index contributed by atoms with van der Waals surface area (Å²) in [4.78, 5) is 43.3. The van der Waals surface area contributed by atoms with Crippen LogP contribution in [-0.4, -0.2) is 29.5 Å². The molecule has 0 aliphatic carbocycles. The SMILES string of the molecule is O=C(NC(=O)C1N=C(c2ccccc2)c2ccccc2NC1=O)c1csc2ccccc12. The number of benzene rings is 3. The topological polar surface area (TPSA) is 87.6 Å². The minimum absolute atomic E-state index is 0.392. The average molecular weight is 439 g/mol. The van der Waals surface area contributed by atoms with Gasteiger partial charge >= 0.3 is 0 Å². The molecule has 5 rings (SSSR count). The highest BCUT2D eigenvalue weighted by Crippen LogP contribution is 2.26. The van der Waals surface area contributed by atoms with E-state index in [4.69, 9.17) is 0 Å². The van der Waals surface area contributed by atoms with Gasteiger partial charge in [0.05, 0.1) is 17.0 Å². The van der Waals surface area contributed by atoms with Crippen LogP contribution in [0.3, 0.4) is 0 Å². The van der Waals surface area contributed by atoms with E-state index < -0.39 is 23.8 Å². The molecule has 32 heavy (non-hydrogen) atoms. The molecule has 0 bridgehead atoms. The zero-order valence-electron chi connectivity index (χ0n) is 16.7. The van der Waals surface area contributed by atoms with Crippen molar-refractivity contribution in [1.29, 1.82) is 0 Å². The van der Waals surface area contributed by atoms with Crippen LogP contribution in [0.5, 0.6) is 0 Å². The first-order valence-electron chi connectivity index (χ1n) is 9.97. The third-order valence-electron chi connectivity index (χ3n) is 5.20. The maximum absolute atomic E-state index is 13.0. The van der Waals surface area contributed by atoms with E-state index in [0.29, 0.717) is 22.5 Å². The number of hydrogen-bond acceptors (Lipinski definition) is 5. The lowest BCUT2D eigenvalue weighted by Crippen LogP contribution is -2.43. The van der Waals surface area contributed by atoms with E-state index in [1.807, 2.05) is 66.7 Å². The Bertz CT molecular complexity index is 1390. The van der Waals surface area contributed by atoms with Crippen molar-refractivity contribution in [3.8, 4) is 0 Å². The summed E-state index contributed by atoms with van der Waals surface area (Å²) < 4.78 is 0.942. The lowest BCUT2D eigenvalue weighted by molar-refractivity contribution is -0.127. The summed E-state index contributed by atoms with van der Waals surface area (Å²) in [5.41, 5.74) is 2.93. The number of aliphatic imine (C=N–C) groups is 1. The van der Waals surface area contributed by atoms with Crippen molar-refractivity contribution in [2.24, 2.45) is 4.99 Å². The van der Waals surface area contributed by atoms with Crippen molar-refractivity contribution in [2.75, 3.05) is 5.32 Å². The van der Waals surface area contributed by atoms with Crippen molar-refractivity contribution in [1.82, 2.24) is 5.32 Å². The molecular weight excluding hydrogens is 422 g/mol. The van der Waals surface area contributed by atoms with Gasteiger partial charge in [0, 0.05) is 26.6 Å². The Morgan fingerprint density at radius 2 is 1.62 bits per heavy atom. The maximum Gasteiger partial charge on any atom is 0.261 e. The second kappa shape index (κ2) is 8.20. The first kappa shape index (κ1) is 19.8. The number of carbonyl (C=O) groups excluding carboxylic acids is 3. The molecule has 1 aromatic heterocycles. The summed E-state index contributed by atoms with van der Waals surface area (Å²) >= 11 is 1.42. The van der Waals surface area contributed by atoms with Crippen molar-refractivity contribution < 1.29 is 14.4 Å². The molecular formula is C25H17N3O3S. The van der Waals surface area contributed by atoms with E-state index in [9.17, 15) is 14.4 Å². The summed E-state index contributed by atoms with van der Waals surface area (Å²) in [5.74, 6) is -1.92. The van der Waals surface area contributed by atoms with Crippen LogP contribution in [0.15, 0.2) is 89.2 Å². The Morgan fingerprint density at radius 1 is 0.906 bits per heavy atom. The Balaban J connectivity index is 1.50. The summed E-state index contributed by atoms with van der Waals surface area (Å²) in [6, 6.07) is 22.6. The normalized spacial score (nSPS) is 15.3. The van der Waals surface area contributed by atoms with Gasteiger partial charge in [-0.3, -0.25) is 24.7 Å². The van der Waals surface area contributed by atoms with Crippen LogP contribution in [0.2, 0.25) is 0 Å². The highest BCUT2D eigenvalue weighted by molar-refractivity contribution is 7.17. The van der Waals surface area contributed by atoms with E-state index in [1.165, 1.54) is 11.3 Å². The van der Waals surface area contributed by atoms with Crippen LogP contribution in [0.4, 0.5) is 5.69 Å². The zero-order valence-corrected chi connectivity index (χ0v) is 17.6. The van der Waals surface area contributed by atoms with Gasteiger partial charge in [0.2, 0.25) is 6.04 Å². The van der Waals surface area contributed by atoms with E-state index in [1.54, 1.807) is 17.5 Å². The molecule has 1 aliphatic rings. The number of fused-ring (bicyclic) bond motifs is 2. The molecule has 0 radical (unpaired) electrons. The van der Waals surface area contributed by atoms with Crippen molar-refractivity contribution in [2.45, 2.75) is 6.04 Å². The second-order valence-corrected chi connectivity index (χ2v) is 8.16. The number of para-hydroxylation sites is 1. The number of benzodiazepines with no additional fused rings is 1. The monoisotopic (exact) mass is 439 g/mol. The quantitative estimate of drug-likeness (QED) is 0.373. The van der Waals surface area contributed by atoms with Gasteiger partial charge < -0.3 is 5.32 Å². The molecule has 2 heterocycles. The molecule has 156 valence electrons. The lowest BCUT2D eigenvalue weighted by Gasteiger charge is -2.11. The fraction of sp³-hybridized carbons (Fsp3) is 0.0400. The number of amides is 3. The molecule has 6 nitrogen and oxygen atoms in total. The predicted molar refractivity (Wildman–Crippen MR) is 125 cm³/mol. The van der Waals surface area contributed by atoms with E-state index in [-0.39, 0.29) is 0 Å². The first-order valence-corrected chi connectivity index (χ1v) is 10.8. The summed E-state index contributed by atoms with van der Waals surface area (Å²) in [6.45, 7) is 0. The third-order valence-corrected chi connectivity index (χ3v) is 6.17. The number of imide groups is 1. The Morgan fingerprint density at radius 3 is 2.47 bits per heavy atom. The Labute approximate surface area is 187 Å². The van der Waals surface area contributed by atoms with Gasteiger partial charge in [-0.2, -0.15) is 0 Å². The molecule has 1 atom stereocenters. The standard InChI is InChI=1S/C25H17N3O3S/c29-23(18-14-32-20-13-7-5-10-16(18)20)28-25(31)22-24(30)26-19-12-6-4-11-17(19)21(27-22)15-8-2-1-3-9-15/h1-14,22H,(H,26,30)(H,28,29,31). The van der Waals surface area contributed by atoms with Crippen LogP contribution >= 0.6 is 11.3 Å². The lowest BCUT2D eigenvalue weighted by atomic mass is 10.0. The van der Waals surface area contributed by atoms with E-state index >= 15 is 0 Å². The molecule has 0 fully saturated rings. The summed E-state index contributed by atoms with van der Waals surface area (Å²) in [6.07, 6.45) is 0. The van der Waals surface area contributed by atoms with Crippen LogP contribution < -0.4 is 10.6 Å². The van der Waals surface area contributed by atoms with Crippen molar-refractivity contribution in [3.05, 3.63) is 101 Å². The van der Waals surface area contributed by atoms with Gasteiger partial charge in [-0.15, -0.1) is 11.3 Å². The molecule has 1 unspecified atom stereocenters. The van der Waals surface area contributed by atoms with Gasteiger partial charge in [0.15, 0.2) is 0 Å². The molecule has 0 saturated heterocycles. The maximum atomic E-state index is 13.0. The fourth-order valence-electron chi connectivity index (χ4n) is 3.66. The van der Waals surface area contributed by atoms with Gasteiger partial charge in [-0.25, -0.2) is 0 Å². The predicted octanol–water partition coefficient (Wildman–Crippen LogP) is 4.02. The average Bonchev–Trinajstić information content (AvgIpc) is 3.18. The minimum atomic E-state index is -1.41. The summed E-state index contributed by atoms with van der Waals surface area (Å²) in [5, 5.41) is 7.59. The van der Waals surface area contributed by atoms with E-state index in [0.717, 1.165) is 15.6 Å². The summed E-state index contributed by atoms with van der Waals surface area (Å²) in [7, 11) is 0. The molecule has 1 aliphatic heterocycles. The fourth-order valence-corrected chi connectivity index (χ4v) is 4.60. The van der Waals surface area contributed by atoms with Crippen LogP contribution in [0.1, 0.15) is 21.5 Å². The molecule has 4 aromatic rings. The molecule has 2 N–H and O–H groups in total. The highest BCUT2D eigenvalue weighted by Gasteiger charge is 2.32. The number of hydrogen-bond donors (Lipinski definition) is 2. The number of carbonyl (C=O) groups is 3. The van der Waals surface area contributed by atoms with Crippen LogP contribution in [0.25, 0.3) is 10.1 Å².